The molecule has 0 saturated carbocycles. The van der Waals surface area contributed by atoms with Crippen molar-refractivity contribution in [1.82, 2.24) is 5.73 Å². The minimum absolute atomic E-state index is 0.624. The van der Waals surface area contributed by atoms with Crippen LogP contribution >= 0.6 is 0 Å². The van der Waals surface area contributed by atoms with Gasteiger partial charge in [0, 0.05) is 6.54 Å². The fourth-order valence-corrected chi connectivity index (χ4v) is 3.03. The number of nitrogens with one attached hydrogen (secondary N) is 1. The normalized spacial score (nSPS) is 11.1. The standard InChI is InChI=1S/C20H42N/c1-2-3-4-5-6-7-8-9-10-11-12-13-14-15-16-17-18-19-20-21/h21H,2-20H2,1H3. The van der Waals surface area contributed by atoms with Crippen LogP contribution in [0.15, 0.2) is 0 Å². The summed E-state index contributed by atoms with van der Waals surface area (Å²) in [5.74, 6) is 0. The summed E-state index contributed by atoms with van der Waals surface area (Å²) in [5, 5.41) is 0. The fourth-order valence-electron chi connectivity index (χ4n) is 3.03. The molecule has 1 heteroatoms. The molecular weight excluding hydrogens is 254 g/mol. The summed E-state index contributed by atoms with van der Waals surface area (Å²) < 4.78 is 0. The van der Waals surface area contributed by atoms with Crippen LogP contribution < -0.4 is 5.73 Å². The highest BCUT2D eigenvalue weighted by atomic mass is 14.5. The van der Waals surface area contributed by atoms with Crippen molar-refractivity contribution in [2.24, 2.45) is 0 Å². The van der Waals surface area contributed by atoms with E-state index in [1.165, 1.54) is 109 Å². The van der Waals surface area contributed by atoms with Gasteiger partial charge in [-0.15, -0.1) is 0 Å². The lowest BCUT2D eigenvalue weighted by atomic mass is 10.0. The van der Waals surface area contributed by atoms with Gasteiger partial charge in [-0.25, -0.2) is 0 Å². The molecule has 1 nitrogen and oxygen atoms in total. The van der Waals surface area contributed by atoms with Gasteiger partial charge in [0.05, 0.1) is 0 Å². The van der Waals surface area contributed by atoms with Gasteiger partial charge in [0.25, 0.3) is 0 Å². The van der Waals surface area contributed by atoms with Crippen LogP contribution in [-0.2, 0) is 0 Å². The Morgan fingerprint density at radius 1 is 0.381 bits per heavy atom. The third-order valence-electron chi connectivity index (χ3n) is 4.53. The predicted octanol–water partition coefficient (Wildman–Crippen LogP) is 7.31. The Morgan fingerprint density at radius 3 is 0.857 bits per heavy atom. The number of unbranched alkanes of at least 4 members (excludes halogenated alkanes) is 17. The Kier molecular flexibility index (Phi) is 19.9. The SMILES string of the molecule is CCCCCCCCCCCCCCCCCCCC[NH]. The largest absolute Gasteiger partial charge is 0.258 e. The van der Waals surface area contributed by atoms with E-state index in [2.05, 4.69) is 6.92 Å². The highest BCUT2D eigenvalue weighted by Crippen LogP contribution is 2.14. The van der Waals surface area contributed by atoms with Crippen molar-refractivity contribution in [3.05, 3.63) is 0 Å². The van der Waals surface area contributed by atoms with E-state index in [9.17, 15) is 0 Å². The molecular formula is C20H42N. The second kappa shape index (κ2) is 20.0. The molecule has 0 saturated heterocycles. The molecule has 21 heavy (non-hydrogen) atoms. The maximum atomic E-state index is 7.09. The van der Waals surface area contributed by atoms with E-state index in [-0.39, 0.29) is 0 Å². The molecule has 1 radical (unpaired) electrons. The molecule has 1 N–H and O–H groups in total. The van der Waals surface area contributed by atoms with Gasteiger partial charge in [0.2, 0.25) is 0 Å². The van der Waals surface area contributed by atoms with Gasteiger partial charge in [-0.05, 0) is 6.42 Å². The Balaban J connectivity index is 2.90. The molecule has 0 rings (SSSR count). The predicted molar refractivity (Wildman–Crippen MR) is 96.7 cm³/mol. The van der Waals surface area contributed by atoms with Gasteiger partial charge in [-0.1, -0.05) is 116 Å². The highest BCUT2D eigenvalue weighted by Gasteiger charge is 1.94. The molecule has 0 aliphatic carbocycles. The Labute approximate surface area is 135 Å². The molecule has 0 fully saturated rings. The van der Waals surface area contributed by atoms with Crippen molar-refractivity contribution in [1.29, 1.82) is 0 Å². The van der Waals surface area contributed by atoms with Gasteiger partial charge < -0.3 is 0 Å². The smallest absolute Gasteiger partial charge is 0.00997 e. The van der Waals surface area contributed by atoms with E-state index in [1.807, 2.05) is 0 Å². The molecule has 0 spiro atoms. The summed E-state index contributed by atoms with van der Waals surface area (Å²) in [6, 6.07) is 0. The minimum Gasteiger partial charge on any atom is -0.258 e. The van der Waals surface area contributed by atoms with Crippen LogP contribution in [0.5, 0.6) is 0 Å². The quantitative estimate of drug-likeness (QED) is 0.237. The van der Waals surface area contributed by atoms with E-state index >= 15 is 0 Å². The van der Waals surface area contributed by atoms with Crippen molar-refractivity contribution in [3.63, 3.8) is 0 Å². The van der Waals surface area contributed by atoms with Crippen LogP contribution in [0.2, 0.25) is 0 Å². The van der Waals surface area contributed by atoms with Crippen molar-refractivity contribution in [3.8, 4) is 0 Å². The zero-order valence-corrected chi connectivity index (χ0v) is 14.9. The molecule has 0 bridgehead atoms. The molecule has 0 amide bonds. The first kappa shape index (κ1) is 21.0. The summed E-state index contributed by atoms with van der Waals surface area (Å²) in [5.41, 5.74) is 7.09. The van der Waals surface area contributed by atoms with Gasteiger partial charge in [0.1, 0.15) is 0 Å². The molecule has 0 aliphatic heterocycles. The Morgan fingerprint density at radius 2 is 0.619 bits per heavy atom. The third kappa shape index (κ3) is 20.0. The first-order valence-corrected chi connectivity index (χ1v) is 10.1. The first-order valence-electron chi connectivity index (χ1n) is 10.1. The Hall–Kier alpha value is -0.0400. The topological polar surface area (TPSA) is 23.8 Å². The maximum absolute atomic E-state index is 7.09. The second-order valence-corrected chi connectivity index (χ2v) is 6.76. The molecule has 0 unspecified atom stereocenters. The lowest BCUT2D eigenvalue weighted by Crippen LogP contribution is -1.86. The molecule has 127 valence electrons. The summed E-state index contributed by atoms with van der Waals surface area (Å²) in [6.45, 7) is 2.92. The van der Waals surface area contributed by atoms with Gasteiger partial charge in [0.15, 0.2) is 0 Å². The van der Waals surface area contributed by atoms with E-state index in [4.69, 9.17) is 5.73 Å². The van der Waals surface area contributed by atoms with E-state index in [0.717, 1.165) is 6.42 Å². The lowest BCUT2D eigenvalue weighted by Gasteiger charge is -2.03. The molecule has 0 aromatic heterocycles. The monoisotopic (exact) mass is 296 g/mol. The summed E-state index contributed by atoms with van der Waals surface area (Å²) in [7, 11) is 0. The lowest BCUT2D eigenvalue weighted by molar-refractivity contribution is 0.525. The molecule has 0 aromatic carbocycles. The van der Waals surface area contributed by atoms with E-state index < -0.39 is 0 Å². The van der Waals surface area contributed by atoms with Crippen molar-refractivity contribution in [2.75, 3.05) is 6.54 Å². The van der Waals surface area contributed by atoms with Crippen LogP contribution in [0.1, 0.15) is 122 Å². The van der Waals surface area contributed by atoms with Gasteiger partial charge in [-0.2, -0.15) is 0 Å². The minimum atomic E-state index is 0.624. The van der Waals surface area contributed by atoms with Crippen LogP contribution in [0.4, 0.5) is 0 Å². The Bertz CT molecular complexity index is 149. The molecule has 0 heterocycles. The molecule has 0 aliphatic rings. The summed E-state index contributed by atoms with van der Waals surface area (Å²) in [6.07, 6.45) is 25.5. The molecule has 0 aromatic rings. The van der Waals surface area contributed by atoms with E-state index in [1.54, 1.807) is 0 Å². The van der Waals surface area contributed by atoms with Crippen LogP contribution in [0, 0.1) is 0 Å². The number of rotatable bonds is 18. The highest BCUT2D eigenvalue weighted by molar-refractivity contribution is 4.50. The second-order valence-electron chi connectivity index (χ2n) is 6.76. The van der Waals surface area contributed by atoms with Crippen molar-refractivity contribution in [2.45, 2.75) is 122 Å². The number of hydrogen-bond acceptors (Lipinski definition) is 0. The van der Waals surface area contributed by atoms with Crippen molar-refractivity contribution < 1.29 is 0 Å². The van der Waals surface area contributed by atoms with Crippen LogP contribution in [0.25, 0.3) is 0 Å². The zero-order valence-electron chi connectivity index (χ0n) is 14.9. The average Bonchev–Trinajstić information content (AvgIpc) is 2.50. The maximum Gasteiger partial charge on any atom is 0.00997 e. The van der Waals surface area contributed by atoms with Crippen molar-refractivity contribution >= 4 is 0 Å². The summed E-state index contributed by atoms with van der Waals surface area (Å²) in [4.78, 5) is 0. The summed E-state index contributed by atoms with van der Waals surface area (Å²) >= 11 is 0. The molecule has 0 atom stereocenters. The first-order chi connectivity index (χ1) is 10.4. The van der Waals surface area contributed by atoms with Gasteiger partial charge in [-0.3, -0.25) is 5.73 Å². The van der Waals surface area contributed by atoms with Crippen LogP contribution in [-0.4, -0.2) is 6.54 Å². The zero-order chi connectivity index (χ0) is 15.4. The van der Waals surface area contributed by atoms with Gasteiger partial charge >= 0.3 is 0 Å². The third-order valence-corrected chi connectivity index (χ3v) is 4.53. The number of hydrogen-bond donors (Lipinski definition) is 0. The average molecular weight is 297 g/mol. The van der Waals surface area contributed by atoms with E-state index in [0.29, 0.717) is 6.54 Å². The fraction of sp³-hybridized carbons (Fsp3) is 1.00. The van der Waals surface area contributed by atoms with Crippen LogP contribution in [0.3, 0.4) is 0 Å².